The molecule has 8 heteroatoms. The Morgan fingerprint density at radius 2 is 0.905 bits per heavy atom. The Bertz CT molecular complexity index is 173. The highest BCUT2D eigenvalue weighted by Crippen LogP contribution is 2.18. The van der Waals surface area contributed by atoms with Gasteiger partial charge in [0.25, 0.3) is 0 Å². The van der Waals surface area contributed by atoms with Crippen molar-refractivity contribution >= 4 is 8.80 Å². The van der Waals surface area contributed by atoms with E-state index in [1.807, 2.05) is 0 Å². The van der Waals surface area contributed by atoms with E-state index in [1.54, 1.807) is 28.4 Å². The molecule has 0 aliphatic carbocycles. The maximum atomic E-state index is 5.91. The van der Waals surface area contributed by atoms with Crippen molar-refractivity contribution in [3.8, 4) is 0 Å². The van der Waals surface area contributed by atoms with E-state index in [1.165, 1.54) is 0 Å². The second-order valence-electron chi connectivity index (χ2n) is 4.30. The van der Waals surface area contributed by atoms with Gasteiger partial charge in [0.2, 0.25) is 0 Å². The third-order valence-corrected chi connectivity index (χ3v) is 5.56. The summed E-state index contributed by atoms with van der Waals surface area (Å²) in [6, 6.07) is 0.692. The lowest BCUT2D eigenvalue weighted by atomic mass is 10.5. The van der Waals surface area contributed by atoms with E-state index in [-0.39, 0.29) is 0 Å². The molecule has 0 spiro atoms. The van der Waals surface area contributed by atoms with Gasteiger partial charge in [-0.15, -0.1) is 0 Å². The van der Waals surface area contributed by atoms with Crippen molar-refractivity contribution in [2.24, 2.45) is 0 Å². The molecule has 0 saturated carbocycles. The van der Waals surface area contributed by atoms with E-state index < -0.39 is 8.80 Å². The van der Waals surface area contributed by atoms with Gasteiger partial charge in [-0.05, 0) is 6.42 Å². The minimum absolute atomic E-state index is 0.440. The second kappa shape index (κ2) is 14.9. The fraction of sp³-hybridized carbons (Fsp3) is 1.00. The molecule has 0 aliphatic rings. The fourth-order valence-corrected chi connectivity index (χ4v) is 4.06. The van der Waals surface area contributed by atoms with Gasteiger partial charge in [0.1, 0.15) is 0 Å². The van der Waals surface area contributed by atoms with Crippen LogP contribution in [0.1, 0.15) is 6.42 Å². The summed E-state index contributed by atoms with van der Waals surface area (Å²) in [7, 11) is 3.81. The van der Waals surface area contributed by atoms with Crippen LogP contribution in [0.25, 0.3) is 0 Å². The third kappa shape index (κ3) is 11.2. The molecular weight excluding hydrogens is 296 g/mol. The van der Waals surface area contributed by atoms with Crippen LogP contribution in [0.4, 0.5) is 0 Å². The predicted octanol–water partition coefficient (Wildman–Crippen LogP) is 0.951. The minimum Gasteiger partial charge on any atom is -0.385 e. The summed E-state index contributed by atoms with van der Waals surface area (Å²) in [5.41, 5.74) is 0. The van der Waals surface area contributed by atoms with Crippen LogP contribution in [0.15, 0.2) is 0 Å². The Balaban J connectivity index is 4.52. The number of methoxy groups -OCH3 is 4. The summed E-state index contributed by atoms with van der Waals surface area (Å²) in [5, 5.41) is 0. The number of hydrogen-bond donors (Lipinski definition) is 0. The largest absolute Gasteiger partial charge is 0.501 e. The number of rotatable bonds is 16. The van der Waals surface area contributed by atoms with E-state index in [2.05, 4.69) is 0 Å². The maximum Gasteiger partial charge on any atom is 0.501 e. The van der Waals surface area contributed by atoms with Gasteiger partial charge in [0.05, 0.1) is 39.6 Å². The summed E-state index contributed by atoms with van der Waals surface area (Å²) in [4.78, 5) is 0. The smallest absolute Gasteiger partial charge is 0.385 e. The van der Waals surface area contributed by atoms with Crippen LogP contribution in [0.5, 0.6) is 0 Å². The standard InChI is InChI=1S/C13H30O7Si/c1-14-6-5-13-21(18-10-7-15-2,19-11-8-16-3)20-12-9-17-4/h5-13H2,1-4H3. The first-order valence-corrected chi connectivity index (χ1v) is 9.05. The van der Waals surface area contributed by atoms with Gasteiger partial charge in [-0.1, -0.05) is 0 Å². The van der Waals surface area contributed by atoms with Gasteiger partial charge in [0, 0.05) is 41.1 Å². The van der Waals surface area contributed by atoms with Crippen molar-refractivity contribution in [1.82, 2.24) is 0 Å². The van der Waals surface area contributed by atoms with E-state index in [4.69, 9.17) is 32.2 Å². The van der Waals surface area contributed by atoms with Crippen molar-refractivity contribution in [2.75, 3.05) is 74.7 Å². The summed E-state index contributed by atoms with van der Waals surface area (Å²) >= 11 is 0. The maximum absolute atomic E-state index is 5.91. The zero-order valence-corrected chi connectivity index (χ0v) is 14.7. The van der Waals surface area contributed by atoms with E-state index in [0.717, 1.165) is 6.42 Å². The highest BCUT2D eigenvalue weighted by Gasteiger charge is 2.40. The first-order chi connectivity index (χ1) is 10.2. The lowest BCUT2D eigenvalue weighted by molar-refractivity contribution is 0.0133. The third-order valence-electron chi connectivity index (χ3n) is 2.66. The molecule has 0 aliphatic heterocycles. The molecule has 0 rings (SSSR count). The quantitative estimate of drug-likeness (QED) is 0.309. The molecule has 0 radical (unpaired) electrons. The van der Waals surface area contributed by atoms with Crippen LogP contribution in [-0.2, 0) is 32.2 Å². The molecular formula is C13H30O7Si. The van der Waals surface area contributed by atoms with Crippen molar-refractivity contribution < 1.29 is 32.2 Å². The number of ether oxygens (including phenoxy) is 4. The van der Waals surface area contributed by atoms with Crippen molar-refractivity contribution in [1.29, 1.82) is 0 Å². The molecule has 21 heavy (non-hydrogen) atoms. The van der Waals surface area contributed by atoms with Crippen LogP contribution in [-0.4, -0.2) is 83.5 Å². The van der Waals surface area contributed by atoms with Crippen LogP contribution < -0.4 is 0 Å². The van der Waals surface area contributed by atoms with Gasteiger partial charge < -0.3 is 32.2 Å². The summed E-state index contributed by atoms with van der Waals surface area (Å²) in [5.74, 6) is 0. The molecule has 0 N–H and O–H groups in total. The molecule has 0 heterocycles. The van der Waals surface area contributed by atoms with Crippen molar-refractivity contribution in [2.45, 2.75) is 12.5 Å². The van der Waals surface area contributed by atoms with E-state index in [9.17, 15) is 0 Å². The predicted molar refractivity (Wildman–Crippen MR) is 80.5 cm³/mol. The van der Waals surface area contributed by atoms with E-state index >= 15 is 0 Å². The fourth-order valence-electron chi connectivity index (χ4n) is 1.62. The minimum atomic E-state index is -2.76. The number of hydrogen-bond acceptors (Lipinski definition) is 7. The first kappa shape index (κ1) is 20.9. The molecule has 0 aromatic rings. The second-order valence-corrected chi connectivity index (χ2v) is 7.04. The molecule has 0 atom stereocenters. The Hall–Kier alpha value is -0.0631. The van der Waals surface area contributed by atoms with Crippen LogP contribution in [0.3, 0.4) is 0 Å². The lowest BCUT2D eigenvalue weighted by Crippen LogP contribution is -2.48. The Morgan fingerprint density at radius 1 is 0.524 bits per heavy atom. The molecule has 0 unspecified atom stereocenters. The van der Waals surface area contributed by atoms with Gasteiger partial charge in [-0.2, -0.15) is 0 Å². The van der Waals surface area contributed by atoms with Crippen molar-refractivity contribution in [3.05, 3.63) is 0 Å². The topological polar surface area (TPSA) is 64.6 Å². The van der Waals surface area contributed by atoms with E-state index in [0.29, 0.717) is 52.3 Å². The van der Waals surface area contributed by atoms with Gasteiger partial charge in [0.15, 0.2) is 0 Å². The average molecular weight is 326 g/mol. The van der Waals surface area contributed by atoms with Crippen LogP contribution in [0.2, 0.25) is 6.04 Å². The Labute approximate surface area is 129 Å². The summed E-state index contributed by atoms with van der Waals surface area (Å²) < 4.78 is 37.9. The van der Waals surface area contributed by atoms with Crippen LogP contribution in [0, 0.1) is 0 Å². The first-order valence-electron chi connectivity index (χ1n) is 7.12. The molecule has 0 aromatic carbocycles. The zero-order chi connectivity index (χ0) is 15.8. The molecule has 0 aromatic heterocycles. The molecule has 0 fully saturated rings. The van der Waals surface area contributed by atoms with Crippen molar-refractivity contribution in [3.63, 3.8) is 0 Å². The zero-order valence-electron chi connectivity index (χ0n) is 13.7. The molecule has 128 valence electrons. The normalized spacial score (nSPS) is 12.0. The Kier molecular flexibility index (Phi) is 14.8. The average Bonchev–Trinajstić information content (AvgIpc) is 2.48. The Morgan fingerprint density at radius 3 is 1.24 bits per heavy atom. The molecule has 7 nitrogen and oxygen atoms in total. The monoisotopic (exact) mass is 326 g/mol. The van der Waals surface area contributed by atoms with Gasteiger partial charge >= 0.3 is 8.80 Å². The highest BCUT2D eigenvalue weighted by molar-refractivity contribution is 6.60. The summed E-state index contributed by atoms with van der Waals surface area (Å²) in [6.45, 7) is 3.46. The molecule has 0 saturated heterocycles. The van der Waals surface area contributed by atoms with Gasteiger partial charge in [-0.25, -0.2) is 0 Å². The molecule has 0 amide bonds. The molecule has 0 bridgehead atoms. The highest BCUT2D eigenvalue weighted by atomic mass is 28.4. The summed E-state index contributed by atoms with van der Waals surface area (Å²) in [6.07, 6.45) is 0.815. The van der Waals surface area contributed by atoms with Gasteiger partial charge in [-0.3, -0.25) is 0 Å². The SMILES string of the molecule is COCCC[Si](OCCOC)(OCCOC)OCCOC. The van der Waals surface area contributed by atoms with Crippen LogP contribution >= 0.6 is 0 Å². The lowest BCUT2D eigenvalue weighted by Gasteiger charge is -2.29.